The minimum absolute atomic E-state index is 0.0490. The van der Waals surface area contributed by atoms with Gasteiger partial charge in [0.05, 0.1) is 0 Å². The highest BCUT2D eigenvalue weighted by molar-refractivity contribution is 5.79. The van der Waals surface area contributed by atoms with Gasteiger partial charge in [-0.15, -0.1) is 0 Å². The number of hydrogen-bond acceptors (Lipinski definition) is 2. The maximum Gasteiger partial charge on any atom is 0.242 e. The van der Waals surface area contributed by atoms with Gasteiger partial charge in [-0.2, -0.15) is 0 Å². The summed E-state index contributed by atoms with van der Waals surface area (Å²) < 4.78 is 1.96. The molecule has 0 spiro atoms. The molecule has 0 fully saturated rings. The predicted octanol–water partition coefficient (Wildman–Crippen LogP) is 3.32. The zero-order valence-corrected chi connectivity index (χ0v) is 13.6. The molecule has 2 rings (SSSR count). The van der Waals surface area contributed by atoms with Gasteiger partial charge in [-0.3, -0.25) is 4.79 Å². The van der Waals surface area contributed by atoms with Crippen LogP contribution in [-0.4, -0.2) is 22.0 Å². The van der Waals surface area contributed by atoms with E-state index >= 15 is 0 Å². The minimum Gasteiger partial charge on any atom is -0.354 e. The molecule has 2 aromatic rings. The highest BCUT2D eigenvalue weighted by Gasteiger charge is 2.18. The SMILES string of the molecule is CC(C)c1nccn1[C@@H](C)C(=O)NCCCc1ccccc1. The van der Waals surface area contributed by atoms with Crippen molar-refractivity contribution in [2.45, 2.75) is 45.6 Å². The molecular formula is C18H25N3O. The molecule has 1 heterocycles. The average molecular weight is 299 g/mol. The minimum atomic E-state index is -0.225. The fourth-order valence-corrected chi connectivity index (χ4v) is 2.52. The molecule has 0 saturated carbocycles. The molecule has 1 aromatic carbocycles. The van der Waals surface area contributed by atoms with Gasteiger partial charge < -0.3 is 9.88 Å². The topological polar surface area (TPSA) is 46.9 Å². The Morgan fingerprint density at radius 3 is 2.64 bits per heavy atom. The number of rotatable bonds is 7. The molecule has 22 heavy (non-hydrogen) atoms. The quantitative estimate of drug-likeness (QED) is 0.797. The molecule has 0 bridgehead atoms. The Bertz CT molecular complexity index is 589. The number of carbonyl (C=O) groups excluding carboxylic acids is 1. The second-order valence-electron chi connectivity index (χ2n) is 5.90. The van der Waals surface area contributed by atoms with E-state index in [-0.39, 0.29) is 11.9 Å². The molecule has 0 aliphatic rings. The molecule has 1 atom stereocenters. The van der Waals surface area contributed by atoms with Crippen molar-refractivity contribution in [3.63, 3.8) is 0 Å². The number of nitrogens with one attached hydrogen (secondary N) is 1. The van der Waals surface area contributed by atoms with E-state index in [2.05, 4.69) is 36.3 Å². The van der Waals surface area contributed by atoms with Crippen molar-refractivity contribution in [3.05, 3.63) is 54.1 Å². The van der Waals surface area contributed by atoms with Crippen molar-refractivity contribution in [3.8, 4) is 0 Å². The third-order valence-corrected chi connectivity index (χ3v) is 3.80. The van der Waals surface area contributed by atoms with E-state index in [0.29, 0.717) is 12.5 Å². The summed E-state index contributed by atoms with van der Waals surface area (Å²) in [6, 6.07) is 10.1. The van der Waals surface area contributed by atoms with Gasteiger partial charge in [0.2, 0.25) is 5.91 Å². The normalized spacial score (nSPS) is 12.4. The number of hydrogen-bond donors (Lipinski definition) is 1. The van der Waals surface area contributed by atoms with Crippen LogP contribution in [0.2, 0.25) is 0 Å². The third kappa shape index (κ3) is 4.20. The molecule has 118 valence electrons. The summed E-state index contributed by atoms with van der Waals surface area (Å²) in [5.41, 5.74) is 1.31. The number of nitrogens with zero attached hydrogens (tertiary/aromatic N) is 2. The Morgan fingerprint density at radius 2 is 1.95 bits per heavy atom. The van der Waals surface area contributed by atoms with Gasteiger partial charge in [-0.05, 0) is 25.3 Å². The van der Waals surface area contributed by atoms with Crippen LogP contribution in [-0.2, 0) is 11.2 Å². The van der Waals surface area contributed by atoms with Gasteiger partial charge >= 0.3 is 0 Å². The zero-order valence-electron chi connectivity index (χ0n) is 13.6. The van der Waals surface area contributed by atoms with Crippen LogP contribution < -0.4 is 5.32 Å². The summed E-state index contributed by atoms with van der Waals surface area (Å²) in [4.78, 5) is 16.6. The van der Waals surface area contributed by atoms with E-state index in [1.807, 2.05) is 35.9 Å². The van der Waals surface area contributed by atoms with Crippen LogP contribution in [0.4, 0.5) is 0 Å². The van der Waals surface area contributed by atoms with E-state index in [0.717, 1.165) is 18.7 Å². The Hall–Kier alpha value is -2.10. The first-order valence-electron chi connectivity index (χ1n) is 7.94. The number of carbonyl (C=O) groups is 1. The predicted molar refractivity (Wildman–Crippen MR) is 88.8 cm³/mol. The number of imidazole rings is 1. The van der Waals surface area contributed by atoms with E-state index in [9.17, 15) is 4.79 Å². The fraction of sp³-hybridized carbons (Fsp3) is 0.444. The molecule has 4 nitrogen and oxygen atoms in total. The van der Waals surface area contributed by atoms with Crippen LogP contribution >= 0.6 is 0 Å². The first-order valence-corrected chi connectivity index (χ1v) is 7.94. The van der Waals surface area contributed by atoms with Crippen molar-refractivity contribution in [2.24, 2.45) is 0 Å². The number of benzene rings is 1. The van der Waals surface area contributed by atoms with Crippen molar-refractivity contribution >= 4 is 5.91 Å². The van der Waals surface area contributed by atoms with Crippen molar-refractivity contribution in [1.82, 2.24) is 14.9 Å². The summed E-state index contributed by atoms with van der Waals surface area (Å²) in [5.74, 6) is 1.31. The molecule has 0 aliphatic heterocycles. The first-order chi connectivity index (χ1) is 10.6. The summed E-state index contributed by atoms with van der Waals surface area (Å²) in [6.45, 7) is 6.79. The van der Waals surface area contributed by atoms with Gasteiger partial charge in [-0.25, -0.2) is 4.98 Å². The summed E-state index contributed by atoms with van der Waals surface area (Å²) in [6.07, 6.45) is 5.57. The lowest BCUT2D eigenvalue weighted by Crippen LogP contribution is -2.32. The van der Waals surface area contributed by atoms with Gasteiger partial charge in [0.25, 0.3) is 0 Å². The summed E-state index contributed by atoms with van der Waals surface area (Å²) >= 11 is 0. The van der Waals surface area contributed by atoms with Crippen molar-refractivity contribution in [2.75, 3.05) is 6.54 Å². The smallest absolute Gasteiger partial charge is 0.242 e. The van der Waals surface area contributed by atoms with Crippen molar-refractivity contribution < 1.29 is 4.79 Å². The maximum atomic E-state index is 12.3. The summed E-state index contributed by atoms with van der Waals surface area (Å²) in [5, 5.41) is 3.02. The second-order valence-corrected chi connectivity index (χ2v) is 5.90. The Morgan fingerprint density at radius 1 is 1.23 bits per heavy atom. The summed E-state index contributed by atoms with van der Waals surface area (Å²) in [7, 11) is 0. The van der Waals surface area contributed by atoms with Crippen LogP contribution in [0.3, 0.4) is 0 Å². The highest BCUT2D eigenvalue weighted by atomic mass is 16.2. The zero-order chi connectivity index (χ0) is 15.9. The number of aryl methyl sites for hydroxylation is 1. The molecule has 0 radical (unpaired) electrons. The Kier molecular flexibility index (Phi) is 5.75. The molecule has 1 aromatic heterocycles. The van der Waals surface area contributed by atoms with Crippen LogP contribution in [0.15, 0.2) is 42.7 Å². The Balaban J connectivity index is 1.80. The van der Waals surface area contributed by atoms with Gasteiger partial charge in [0.1, 0.15) is 11.9 Å². The van der Waals surface area contributed by atoms with E-state index in [4.69, 9.17) is 0 Å². The standard InChI is InChI=1S/C18H25N3O/c1-14(2)17-19-12-13-21(17)15(3)18(22)20-11-7-10-16-8-5-4-6-9-16/h4-6,8-9,12-15H,7,10-11H2,1-3H3,(H,20,22)/t15-/m0/s1. The monoisotopic (exact) mass is 299 g/mol. The lowest BCUT2D eigenvalue weighted by atomic mass is 10.1. The molecule has 0 unspecified atom stereocenters. The largest absolute Gasteiger partial charge is 0.354 e. The first kappa shape index (κ1) is 16.3. The lowest BCUT2D eigenvalue weighted by Gasteiger charge is -2.17. The van der Waals surface area contributed by atoms with Crippen LogP contribution in [0.25, 0.3) is 0 Å². The Labute approximate surface area is 132 Å². The fourth-order valence-electron chi connectivity index (χ4n) is 2.52. The number of amides is 1. The molecule has 0 aliphatic carbocycles. The molecule has 0 saturated heterocycles. The second kappa shape index (κ2) is 7.78. The average Bonchev–Trinajstić information content (AvgIpc) is 3.01. The van der Waals surface area contributed by atoms with Gasteiger partial charge in [0.15, 0.2) is 0 Å². The van der Waals surface area contributed by atoms with Gasteiger partial charge in [-0.1, -0.05) is 44.2 Å². The van der Waals surface area contributed by atoms with Crippen LogP contribution in [0.1, 0.15) is 50.5 Å². The van der Waals surface area contributed by atoms with Gasteiger partial charge in [0, 0.05) is 24.9 Å². The molecule has 1 amide bonds. The molecular weight excluding hydrogens is 274 g/mol. The molecule has 4 heteroatoms. The van der Waals surface area contributed by atoms with E-state index in [1.54, 1.807) is 6.20 Å². The third-order valence-electron chi connectivity index (χ3n) is 3.80. The lowest BCUT2D eigenvalue weighted by molar-refractivity contribution is -0.123. The van der Waals surface area contributed by atoms with Crippen LogP contribution in [0.5, 0.6) is 0 Å². The number of aromatic nitrogens is 2. The van der Waals surface area contributed by atoms with Crippen molar-refractivity contribution in [1.29, 1.82) is 0 Å². The van der Waals surface area contributed by atoms with Crippen LogP contribution in [0, 0.1) is 0 Å². The maximum absolute atomic E-state index is 12.3. The highest BCUT2D eigenvalue weighted by Crippen LogP contribution is 2.17. The van der Waals surface area contributed by atoms with E-state index < -0.39 is 0 Å². The van der Waals surface area contributed by atoms with E-state index in [1.165, 1.54) is 5.56 Å². The molecule has 1 N–H and O–H groups in total.